The first-order valence-electron chi connectivity index (χ1n) is 11.7. The second-order valence-electron chi connectivity index (χ2n) is 8.45. The predicted octanol–water partition coefficient (Wildman–Crippen LogP) is 9.46. The van der Waals surface area contributed by atoms with Crippen molar-refractivity contribution >= 4 is 60.9 Å². The number of benzene rings is 1. The summed E-state index contributed by atoms with van der Waals surface area (Å²) in [6.07, 6.45) is 10.2. The second-order valence-corrected chi connectivity index (χ2v) is 16.8. The minimum absolute atomic E-state index is 0.339. The van der Waals surface area contributed by atoms with Crippen molar-refractivity contribution in [1.82, 2.24) is 0 Å². The van der Waals surface area contributed by atoms with Gasteiger partial charge in [0.05, 0.1) is 0 Å². The third-order valence-corrected chi connectivity index (χ3v) is 12.7. The van der Waals surface area contributed by atoms with Gasteiger partial charge in [-0.2, -0.15) is 0 Å². The van der Waals surface area contributed by atoms with Gasteiger partial charge in [0, 0.05) is 0 Å². The number of rotatable bonds is 12. The van der Waals surface area contributed by atoms with E-state index >= 15 is 17.6 Å². The van der Waals surface area contributed by atoms with E-state index in [1.54, 1.807) is 12.1 Å². The Bertz CT molecular complexity index is 1000. The number of halogens is 6. The Morgan fingerprint density at radius 2 is 0.941 bits per heavy atom. The van der Waals surface area contributed by atoms with Crippen molar-refractivity contribution in [1.29, 1.82) is 0 Å². The zero-order valence-corrected chi connectivity index (χ0v) is 25.9. The Balaban J connectivity index is 1.93. The van der Waals surface area contributed by atoms with Gasteiger partial charge in [-0.05, 0) is 0 Å². The van der Waals surface area contributed by atoms with Crippen LogP contribution in [0.25, 0.3) is 20.0 Å². The van der Waals surface area contributed by atoms with Gasteiger partial charge in [0.1, 0.15) is 0 Å². The van der Waals surface area contributed by atoms with Crippen molar-refractivity contribution in [2.24, 2.45) is 0 Å². The van der Waals surface area contributed by atoms with Crippen molar-refractivity contribution in [2.75, 3.05) is 0 Å². The molecule has 0 radical (unpaired) electrons. The van der Waals surface area contributed by atoms with E-state index in [0.717, 1.165) is 82.0 Å². The number of aryl methyl sites for hydroxylation is 2. The summed E-state index contributed by atoms with van der Waals surface area (Å²) in [6, 6.07) is 3.42. The molecule has 0 aliphatic rings. The van der Waals surface area contributed by atoms with Gasteiger partial charge in [0.2, 0.25) is 0 Å². The van der Waals surface area contributed by atoms with Gasteiger partial charge in [-0.1, -0.05) is 0 Å². The molecular formula is C26H28Br2F4Se2. The van der Waals surface area contributed by atoms with Gasteiger partial charge in [0.15, 0.2) is 0 Å². The SMILES string of the molecule is CCCCCCc1cc(-c2c(F)c(F)c(-c3cc(CCCCCC)c(Br)[se]3)c(F)c2F)[se]c1Br. The summed E-state index contributed by atoms with van der Waals surface area (Å²) in [5.74, 6) is -5.17. The molecule has 2 heterocycles. The van der Waals surface area contributed by atoms with Crippen LogP contribution in [0.3, 0.4) is 0 Å². The summed E-state index contributed by atoms with van der Waals surface area (Å²) >= 11 is 6.19. The van der Waals surface area contributed by atoms with Crippen molar-refractivity contribution in [3.63, 3.8) is 0 Å². The molecule has 0 bridgehead atoms. The molecule has 1 aromatic carbocycles. The molecular weight excluding hydrogens is 706 g/mol. The van der Waals surface area contributed by atoms with Gasteiger partial charge in [-0.3, -0.25) is 0 Å². The maximum atomic E-state index is 15.2. The first-order chi connectivity index (χ1) is 16.3. The van der Waals surface area contributed by atoms with Crippen LogP contribution in [-0.2, 0) is 12.8 Å². The van der Waals surface area contributed by atoms with E-state index in [1.807, 2.05) is 0 Å². The van der Waals surface area contributed by atoms with Crippen LogP contribution in [0.4, 0.5) is 17.6 Å². The second kappa shape index (κ2) is 13.4. The standard InChI is InChI=1S/C26H28Br2F4Se2/c1-3-5-7-9-11-15-13-17(33-25(15)27)19-21(29)23(31)20(24(32)22(19)30)18-14-16(26(28)34-18)12-10-8-6-4-2/h13-14H,3-12H2,1-2H3. The third kappa shape index (κ3) is 6.61. The first-order valence-corrected chi connectivity index (χ1v) is 16.7. The van der Waals surface area contributed by atoms with Gasteiger partial charge in [0.25, 0.3) is 0 Å². The summed E-state index contributed by atoms with van der Waals surface area (Å²) in [5.41, 5.74) is 0.823. The van der Waals surface area contributed by atoms with E-state index in [4.69, 9.17) is 0 Å². The van der Waals surface area contributed by atoms with E-state index < -0.39 is 63.4 Å². The van der Waals surface area contributed by atoms with Crippen molar-refractivity contribution in [2.45, 2.75) is 78.1 Å². The molecule has 34 heavy (non-hydrogen) atoms. The fourth-order valence-corrected chi connectivity index (χ4v) is 10.4. The molecule has 0 aliphatic carbocycles. The van der Waals surface area contributed by atoms with Crippen LogP contribution >= 0.6 is 31.9 Å². The molecule has 0 aliphatic heterocycles. The number of hydrogen-bond donors (Lipinski definition) is 0. The average molecular weight is 734 g/mol. The van der Waals surface area contributed by atoms with Crippen molar-refractivity contribution < 1.29 is 17.6 Å². The van der Waals surface area contributed by atoms with Crippen LogP contribution in [0, 0.1) is 23.3 Å². The molecule has 0 atom stereocenters. The van der Waals surface area contributed by atoms with Crippen LogP contribution in [0.1, 0.15) is 76.3 Å². The Morgan fingerprint density at radius 1 is 0.588 bits per heavy atom. The van der Waals surface area contributed by atoms with Gasteiger partial charge >= 0.3 is 230 Å². The zero-order valence-electron chi connectivity index (χ0n) is 19.3. The van der Waals surface area contributed by atoms with E-state index in [9.17, 15) is 0 Å². The van der Waals surface area contributed by atoms with Gasteiger partial charge < -0.3 is 0 Å². The fraction of sp³-hybridized carbons (Fsp3) is 0.462. The molecule has 0 unspecified atom stereocenters. The third-order valence-electron chi connectivity index (χ3n) is 5.87. The van der Waals surface area contributed by atoms with Crippen molar-refractivity contribution in [3.8, 4) is 20.0 Å². The van der Waals surface area contributed by atoms with E-state index in [-0.39, 0.29) is 0 Å². The van der Waals surface area contributed by atoms with Crippen LogP contribution < -0.4 is 0 Å². The molecule has 3 rings (SSSR count). The Hall–Kier alpha value is -0.101. The molecule has 2 aromatic heterocycles. The Morgan fingerprint density at radius 3 is 1.26 bits per heavy atom. The molecule has 186 valence electrons. The van der Waals surface area contributed by atoms with Crippen LogP contribution in [0.15, 0.2) is 18.8 Å². The first kappa shape index (κ1) is 28.5. The summed E-state index contributed by atoms with van der Waals surface area (Å²) in [6.45, 7) is 4.27. The molecule has 0 fully saturated rings. The summed E-state index contributed by atoms with van der Waals surface area (Å²) < 4.78 is 63.3. The number of hydrogen-bond acceptors (Lipinski definition) is 0. The maximum absolute atomic E-state index is 15.2. The predicted molar refractivity (Wildman–Crippen MR) is 142 cm³/mol. The zero-order chi connectivity index (χ0) is 24.8. The van der Waals surface area contributed by atoms with Gasteiger partial charge in [-0.25, -0.2) is 0 Å². The summed E-state index contributed by atoms with van der Waals surface area (Å²) in [4.78, 5) is 0. The van der Waals surface area contributed by atoms with Crippen LogP contribution in [0.2, 0.25) is 0 Å². The molecule has 0 nitrogen and oxygen atoms in total. The molecule has 0 amide bonds. The topological polar surface area (TPSA) is 0 Å². The molecule has 0 N–H and O–H groups in total. The fourth-order valence-electron chi connectivity index (χ4n) is 3.95. The number of unbranched alkanes of at least 4 members (excludes halogenated alkanes) is 6. The quantitative estimate of drug-likeness (QED) is 0.0754. The Kier molecular flexibility index (Phi) is 11.3. The molecule has 0 spiro atoms. The van der Waals surface area contributed by atoms with E-state index in [0.29, 0.717) is 8.87 Å². The normalized spacial score (nSPS) is 11.5. The summed E-state index contributed by atoms with van der Waals surface area (Å²) in [7, 11) is 0. The summed E-state index contributed by atoms with van der Waals surface area (Å²) in [5, 5.41) is 0. The minimum atomic E-state index is -1.29. The van der Waals surface area contributed by atoms with E-state index in [2.05, 4.69) is 45.7 Å². The average Bonchev–Trinajstić information content (AvgIpc) is 3.35. The molecule has 0 saturated heterocycles. The van der Waals surface area contributed by atoms with E-state index in [1.165, 1.54) is 0 Å². The van der Waals surface area contributed by atoms with Crippen molar-refractivity contribution in [3.05, 3.63) is 53.2 Å². The molecule has 3 aromatic rings. The molecule has 0 saturated carbocycles. The monoisotopic (exact) mass is 734 g/mol. The van der Waals surface area contributed by atoms with Crippen LogP contribution in [-0.4, -0.2) is 29.0 Å². The van der Waals surface area contributed by atoms with Gasteiger partial charge in [-0.15, -0.1) is 0 Å². The Labute approximate surface area is 228 Å². The molecule has 8 heteroatoms. The van der Waals surface area contributed by atoms with Crippen LogP contribution in [0.5, 0.6) is 0 Å².